The number of hydrogen-bond donors (Lipinski definition) is 0. The molecule has 4 nitrogen and oxygen atoms in total. The predicted octanol–water partition coefficient (Wildman–Crippen LogP) is 3.44. The maximum absolute atomic E-state index is 5.38. The normalized spacial score (nSPS) is 9.26. The number of hydrogen-bond acceptors (Lipinski definition) is 4. The Morgan fingerprint density at radius 2 is 1.05 bits per heavy atom. The van der Waals surface area contributed by atoms with E-state index >= 15 is 0 Å². The van der Waals surface area contributed by atoms with Crippen LogP contribution in [-0.2, 0) is 22.7 Å². The molecule has 0 aliphatic heterocycles. The molecular weight excluding hydrogens is 240 g/mol. The molecule has 2 heterocycles. The summed E-state index contributed by atoms with van der Waals surface area (Å²) < 4.78 is 10.8. The standard InChI is InChI=1S/C13H14N2O2.2CH4/c1-5-14-6-2-12(1)9-16-11-17-10-13-3-7-15-8-4-13;;/h1-8H,9-11H2;2*1H4. The van der Waals surface area contributed by atoms with Crippen molar-refractivity contribution in [2.45, 2.75) is 28.1 Å². The molecule has 0 spiro atoms. The third-order valence-electron chi connectivity index (χ3n) is 2.20. The van der Waals surface area contributed by atoms with Crippen LogP contribution in [0.3, 0.4) is 0 Å². The van der Waals surface area contributed by atoms with Gasteiger partial charge in [0.2, 0.25) is 0 Å². The van der Waals surface area contributed by atoms with Crippen LogP contribution >= 0.6 is 0 Å². The van der Waals surface area contributed by atoms with Gasteiger partial charge in [0.1, 0.15) is 6.79 Å². The van der Waals surface area contributed by atoms with Gasteiger partial charge in [0, 0.05) is 24.8 Å². The van der Waals surface area contributed by atoms with E-state index in [1.807, 2.05) is 24.3 Å². The molecule has 2 rings (SSSR count). The van der Waals surface area contributed by atoms with E-state index in [1.165, 1.54) is 0 Å². The van der Waals surface area contributed by atoms with Gasteiger partial charge in [-0.25, -0.2) is 0 Å². The zero-order chi connectivity index (χ0) is 11.8. The lowest BCUT2D eigenvalue weighted by atomic mass is 10.3. The van der Waals surface area contributed by atoms with Crippen LogP contribution in [0.15, 0.2) is 49.1 Å². The lowest BCUT2D eigenvalue weighted by Gasteiger charge is -2.05. The lowest BCUT2D eigenvalue weighted by molar-refractivity contribution is -0.0689. The Bertz CT molecular complexity index is 379. The molecule has 104 valence electrons. The van der Waals surface area contributed by atoms with Crippen LogP contribution in [0, 0.1) is 0 Å². The summed E-state index contributed by atoms with van der Waals surface area (Å²) in [7, 11) is 0. The van der Waals surface area contributed by atoms with E-state index in [9.17, 15) is 0 Å². The van der Waals surface area contributed by atoms with Crippen LogP contribution in [0.4, 0.5) is 0 Å². The third kappa shape index (κ3) is 6.64. The fourth-order valence-corrected chi connectivity index (χ4v) is 1.34. The maximum Gasteiger partial charge on any atom is 0.147 e. The molecule has 0 aliphatic rings. The van der Waals surface area contributed by atoms with Crippen LogP contribution in [0.2, 0.25) is 0 Å². The highest BCUT2D eigenvalue weighted by Crippen LogP contribution is 2.01. The lowest BCUT2D eigenvalue weighted by Crippen LogP contribution is -2.00. The molecule has 0 saturated carbocycles. The average Bonchev–Trinajstić information content (AvgIpc) is 2.41. The van der Waals surface area contributed by atoms with Gasteiger partial charge in [0.15, 0.2) is 0 Å². The number of pyridine rings is 2. The minimum atomic E-state index is 0. The van der Waals surface area contributed by atoms with Crippen molar-refractivity contribution in [1.82, 2.24) is 9.97 Å². The number of nitrogens with zero attached hydrogens (tertiary/aromatic N) is 2. The molecule has 0 atom stereocenters. The Balaban J connectivity index is 0.00000162. The first-order chi connectivity index (χ1) is 8.45. The first-order valence-corrected chi connectivity index (χ1v) is 5.38. The summed E-state index contributed by atoms with van der Waals surface area (Å²) in [4.78, 5) is 7.87. The van der Waals surface area contributed by atoms with Gasteiger partial charge in [-0.05, 0) is 35.4 Å². The van der Waals surface area contributed by atoms with E-state index < -0.39 is 0 Å². The van der Waals surface area contributed by atoms with Crippen LogP contribution in [0.5, 0.6) is 0 Å². The molecule has 0 N–H and O–H groups in total. The molecule has 4 heteroatoms. The highest BCUT2D eigenvalue weighted by Gasteiger charge is 1.94. The zero-order valence-electron chi connectivity index (χ0n) is 9.45. The van der Waals surface area contributed by atoms with Crippen molar-refractivity contribution in [3.63, 3.8) is 0 Å². The molecule has 19 heavy (non-hydrogen) atoms. The quantitative estimate of drug-likeness (QED) is 0.591. The minimum Gasteiger partial charge on any atom is -0.351 e. The molecule has 0 bridgehead atoms. The molecule has 0 amide bonds. The van der Waals surface area contributed by atoms with Crippen molar-refractivity contribution in [3.05, 3.63) is 60.2 Å². The van der Waals surface area contributed by atoms with E-state index in [-0.39, 0.29) is 21.6 Å². The smallest absolute Gasteiger partial charge is 0.147 e. The summed E-state index contributed by atoms with van der Waals surface area (Å²) in [5.74, 6) is 0. The van der Waals surface area contributed by atoms with Crippen molar-refractivity contribution >= 4 is 0 Å². The van der Waals surface area contributed by atoms with Gasteiger partial charge in [0.25, 0.3) is 0 Å². The van der Waals surface area contributed by atoms with Crippen molar-refractivity contribution < 1.29 is 9.47 Å². The number of aromatic nitrogens is 2. The van der Waals surface area contributed by atoms with Gasteiger partial charge < -0.3 is 9.47 Å². The van der Waals surface area contributed by atoms with Crippen LogP contribution < -0.4 is 0 Å². The fourth-order valence-electron chi connectivity index (χ4n) is 1.34. The molecule has 0 aromatic carbocycles. The van der Waals surface area contributed by atoms with Gasteiger partial charge >= 0.3 is 0 Å². The van der Waals surface area contributed by atoms with E-state index in [4.69, 9.17) is 9.47 Å². The molecule has 0 fully saturated rings. The first-order valence-electron chi connectivity index (χ1n) is 5.38. The largest absolute Gasteiger partial charge is 0.351 e. The van der Waals surface area contributed by atoms with Gasteiger partial charge in [-0.15, -0.1) is 0 Å². The van der Waals surface area contributed by atoms with Crippen molar-refractivity contribution in [2.24, 2.45) is 0 Å². The summed E-state index contributed by atoms with van der Waals surface area (Å²) in [6.07, 6.45) is 6.99. The zero-order valence-corrected chi connectivity index (χ0v) is 9.45. The second kappa shape index (κ2) is 10.2. The van der Waals surface area contributed by atoms with Gasteiger partial charge in [-0.3, -0.25) is 9.97 Å². The second-order valence-corrected chi connectivity index (χ2v) is 3.53. The van der Waals surface area contributed by atoms with E-state index in [1.54, 1.807) is 24.8 Å². The molecule has 2 aromatic heterocycles. The summed E-state index contributed by atoms with van der Waals surface area (Å²) in [5, 5.41) is 0. The third-order valence-corrected chi connectivity index (χ3v) is 2.20. The van der Waals surface area contributed by atoms with Gasteiger partial charge in [0.05, 0.1) is 13.2 Å². The highest BCUT2D eigenvalue weighted by atomic mass is 16.7. The topological polar surface area (TPSA) is 44.2 Å². The Morgan fingerprint density at radius 3 is 1.42 bits per heavy atom. The number of ether oxygens (including phenoxy) is 2. The summed E-state index contributed by atoms with van der Waals surface area (Å²) in [5.41, 5.74) is 2.18. The van der Waals surface area contributed by atoms with Gasteiger partial charge in [-0.2, -0.15) is 0 Å². The Kier molecular flexibility index (Phi) is 9.22. The molecule has 0 saturated heterocycles. The van der Waals surface area contributed by atoms with Crippen LogP contribution in [0.1, 0.15) is 26.0 Å². The Hall–Kier alpha value is -1.78. The fraction of sp³-hybridized carbons (Fsp3) is 0.333. The maximum atomic E-state index is 5.38. The van der Waals surface area contributed by atoms with E-state index in [2.05, 4.69) is 9.97 Å². The summed E-state index contributed by atoms with van der Waals surface area (Å²) in [6.45, 7) is 1.36. The van der Waals surface area contributed by atoms with Crippen molar-refractivity contribution in [1.29, 1.82) is 0 Å². The Morgan fingerprint density at radius 1 is 0.684 bits per heavy atom. The summed E-state index contributed by atoms with van der Waals surface area (Å²) >= 11 is 0. The molecule has 0 radical (unpaired) electrons. The monoisotopic (exact) mass is 262 g/mol. The van der Waals surface area contributed by atoms with Crippen molar-refractivity contribution in [3.8, 4) is 0 Å². The summed E-state index contributed by atoms with van der Waals surface area (Å²) in [6, 6.07) is 7.68. The second-order valence-electron chi connectivity index (χ2n) is 3.53. The highest BCUT2D eigenvalue weighted by molar-refractivity contribution is 5.08. The van der Waals surface area contributed by atoms with Gasteiger partial charge in [-0.1, -0.05) is 14.9 Å². The average molecular weight is 262 g/mol. The van der Waals surface area contributed by atoms with Crippen LogP contribution in [0.25, 0.3) is 0 Å². The minimum absolute atomic E-state index is 0. The predicted molar refractivity (Wildman–Crippen MR) is 76.4 cm³/mol. The molecular formula is C15H22N2O2. The molecule has 2 aromatic rings. The SMILES string of the molecule is C.C.c1cc(COCOCc2ccncc2)ccn1. The molecule has 0 aliphatic carbocycles. The van der Waals surface area contributed by atoms with E-state index in [0.29, 0.717) is 13.2 Å². The van der Waals surface area contributed by atoms with E-state index in [0.717, 1.165) is 11.1 Å². The van der Waals surface area contributed by atoms with Crippen molar-refractivity contribution in [2.75, 3.05) is 6.79 Å². The number of rotatable bonds is 6. The first kappa shape index (κ1) is 17.2. The Labute approximate surface area is 115 Å². The molecule has 0 unspecified atom stereocenters. The van der Waals surface area contributed by atoms with Crippen LogP contribution in [-0.4, -0.2) is 16.8 Å².